The summed E-state index contributed by atoms with van der Waals surface area (Å²) in [7, 11) is 0. The van der Waals surface area contributed by atoms with Crippen molar-refractivity contribution in [2.45, 2.75) is 13.0 Å². The second-order valence-corrected chi connectivity index (χ2v) is 6.24. The van der Waals surface area contributed by atoms with Gasteiger partial charge < -0.3 is 10.1 Å². The molecule has 5 nitrogen and oxygen atoms in total. The minimum absolute atomic E-state index is 0.0846. The molecule has 0 aliphatic carbocycles. The van der Waals surface area contributed by atoms with E-state index in [1.54, 1.807) is 0 Å². The molecule has 1 N–H and O–H groups in total. The molecule has 3 aromatic rings. The van der Waals surface area contributed by atoms with E-state index in [0.717, 1.165) is 20.9 Å². The highest BCUT2D eigenvalue weighted by atomic mass is 79.9. The Balaban J connectivity index is 1.65. The number of amides is 1. The van der Waals surface area contributed by atoms with E-state index in [1.807, 2.05) is 55.5 Å². The number of ether oxygens (including phenoxy) is 1. The van der Waals surface area contributed by atoms with Crippen molar-refractivity contribution in [3.63, 3.8) is 0 Å². The number of carbonyl (C=O) groups is 1. The summed E-state index contributed by atoms with van der Waals surface area (Å²) < 4.78 is 6.49. The van der Waals surface area contributed by atoms with Crippen molar-refractivity contribution in [3.05, 3.63) is 64.9 Å². The topological polar surface area (TPSA) is 64.1 Å². The van der Waals surface area contributed by atoms with Gasteiger partial charge in [-0.3, -0.25) is 4.79 Å². The second kappa shape index (κ2) is 7.40. The quantitative estimate of drug-likeness (QED) is 0.727. The number of rotatable bonds is 5. The zero-order valence-electron chi connectivity index (χ0n) is 13.1. The number of fused-ring (bicyclic) bond motifs is 1. The van der Waals surface area contributed by atoms with Crippen LogP contribution in [0.3, 0.4) is 0 Å². The van der Waals surface area contributed by atoms with Gasteiger partial charge in [0.2, 0.25) is 5.88 Å². The van der Waals surface area contributed by atoms with Crippen LogP contribution in [0.2, 0.25) is 0 Å². The van der Waals surface area contributed by atoms with Gasteiger partial charge in [0.25, 0.3) is 5.91 Å². The fourth-order valence-corrected chi connectivity index (χ4v) is 2.72. The van der Waals surface area contributed by atoms with Gasteiger partial charge in [-0.25, -0.2) is 9.97 Å². The van der Waals surface area contributed by atoms with Gasteiger partial charge in [0.1, 0.15) is 6.33 Å². The molecule has 0 saturated heterocycles. The summed E-state index contributed by atoms with van der Waals surface area (Å²) in [6, 6.07) is 15.3. The number of halogens is 1. The van der Waals surface area contributed by atoms with Crippen LogP contribution in [0, 0.1) is 0 Å². The number of hydrogen-bond donors (Lipinski definition) is 1. The van der Waals surface area contributed by atoms with Crippen LogP contribution >= 0.6 is 15.9 Å². The first kappa shape index (κ1) is 16.4. The molecule has 0 radical (unpaired) electrons. The number of aromatic nitrogens is 2. The lowest BCUT2D eigenvalue weighted by Gasteiger charge is -2.14. The molecule has 0 bridgehead atoms. The molecular weight excluding hydrogens is 370 g/mol. The molecular formula is C18H16BrN3O2. The van der Waals surface area contributed by atoms with Crippen molar-refractivity contribution in [3.8, 4) is 5.88 Å². The molecule has 24 heavy (non-hydrogen) atoms. The maximum Gasteiger partial charge on any atom is 0.258 e. The monoisotopic (exact) mass is 385 g/mol. The van der Waals surface area contributed by atoms with Crippen molar-refractivity contribution in [1.82, 2.24) is 15.3 Å². The van der Waals surface area contributed by atoms with E-state index >= 15 is 0 Å². The molecule has 0 saturated carbocycles. The van der Waals surface area contributed by atoms with Gasteiger partial charge in [0.15, 0.2) is 6.61 Å². The summed E-state index contributed by atoms with van der Waals surface area (Å²) in [5.41, 5.74) is 1.81. The van der Waals surface area contributed by atoms with E-state index in [4.69, 9.17) is 4.74 Å². The minimum atomic E-state index is -0.201. The van der Waals surface area contributed by atoms with Gasteiger partial charge in [-0.15, -0.1) is 0 Å². The fraction of sp³-hybridized carbons (Fsp3) is 0.167. The Hall–Kier alpha value is -2.47. The molecule has 1 amide bonds. The fourth-order valence-electron chi connectivity index (χ4n) is 2.36. The van der Waals surface area contributed by atoms with Crippen LogP contribution in [0.15, 0.2) is 59.3 Å². The number of nitrogens with zero attached hydrogens (tertiary/aromatic N) is 2. The van der Waals surface area contributed by atoms with E-state index in [-0.39, 0.29) is 18.6 Å². The highest BCUT2D eigenvalue weighted by Gasteiger charge is 2.11. The van der Waals surface area contributed by atoms with Gasteiger partial charge >= 0.3 is 0 Å². The molecule has 1 atom stereocenters. The molecule has 1 heterocycles. The zero-order valence-corrected chi connectivity index (χ0v) is 14.7. The van der Waals surface area contributed by atoms with Crippen LogP contribution in [-0.2, 0) is 4.79 Å². The van der Waals surface area contributed by atoms with E-state index in [9.17, 15) is 4.79 Å². The lowest BCUT2D eigenvalue weighted by atomic mass is 10.1. The molecule has 122 valence electrons. The average molecular weight is 386 g/mol. The molecule has 1 aromatic heterocycles. The van der Waals surface area contributed by atoms with Crippen LogP contribution in [0.1, 0.15) is 18.5 Å². The number of benzene rings is 2. The molecule has 0 aliphatic heterocycles. The highest BCUT2D eigenvalue weighted by Crippen LogP contribution is 2.24. The van der Waals surface area contributed by atoms with Gasteiger partial charge in [-0.2, -0.15) is 0 Å². The van der Waals surface area contributed by atoms with Crippen molar-refractivity contribution in [2.75, 3.05) is 6.61 Å². The number of hydrogen-bond acceptors (Lipinski definition) is 4. The third kappa shape index (κ3) is 3.89. The molecule has 3 rings (SSSR count). The second-order valence-electron chi connectivity index (χ2n) is 5.33. The summed E-state index contributed by atoms with van der Waals surface area (Å²) in [5.74, 6) is 0.192. The molecule has 0 spiro atoms. The molecule has 0 aliphatic rings. The van der Waals surface area contributed by atoms with E-state index in [2.05, 4.69) is 31.2 Å². The predicted octanol–water partition coefficient (Wildman–Crippen LogP) is 3.65. The van der Waals surface area contributed by atoms with Crippen molar-refractivity contribution < 1.29 is 9.53 Å². The molecule has 6 heteroatoms. The zero-order chi connectivity index (χ0) is 16.9. The Morgan fingerprint density at radius 3 is 2.79 bits per heavy atom. The van der Waals surface area contributed by atoms with Gasteiger partial charge in [-0.05, 0) is 30.7 Å². The number of nitrogens with one attached hydrogen (secondary N) is 1. The normalized spacial score (nSPS) is 11.9. The van der Waals surface area contributed by atoms with Crippen LogP contribution in [-0.4, -0.2) is 22.5 Å². The minimum Gasteiger partial charge on any atom is -0.467 e. The summed E-state index contributed by atoms with van der Waals surface area (Å²) in [5, 5.41) is 3.67. The highest BCUT2D eigenvalue weighted by molar-refractivity contribution is 9.10. The van der Waals surface area contributed by atoms with Crippen LogP contribution < -0.4 is 10.1 Å². The summed E-state index contributed by atoms with van der Waals surface area (Å²) in [4.78, 5) is 20.4. The third-order valence-corrected chi connectivity index (χ3v) is 4.07. The van der Waals surface area contributed by atoms with E-state index < -0.39 is 0 Å². The lowest BCUT2D eigenvalue weighted by molar-refractivity contribution is -0.123. The first-order chi connectivity index (χ1) is 11.6. The standard InChI is InChI=1S/C18H16BrN3O2/c1-12(13-5-3-2-4-6-13)22-17(23)10-24-18-15-9-14(19)7-8-16(15)20-11-21-18/h2-9,11-12H,10H2,1H3,(H,22,23). The van der Waals surface area contributed by atoms with Crippen LogP contribution in [0.5, 0.6) is 5.88 Å². The van der Waals surface area contributed by atoms with Crippen LogP contribution in [0.4, 0.5) is 0 Å². The van der Waals surface area contributed by atoms with Gasteiger partial charge in [0, 0.05) is 4.47 Å². The van der Waals surface area contributed by atoms with E-state index in [1.165, 1.54) is 6.33 Å². The maximum absolute atomic E-state index is 12.1. The maximum atomic E-state index is 12.1. The number of carbonyl (C=O) groups excluding carboxylic acids is 1. The molecule has 2 aromatic carbocycles. The van der Waals surface area contributed by atoms with Crippen molar-refractivity contribution in [1.29, 1.82) is 0 Å². The molecule has 1 unspecified atom stereocenters. The first-order valence-corrected chi connectivity index (χ1v) is 8.30. The summed E-state index contributed by atoms with van der Waals surface area (Å²) in [6.45, 7) is 1.83. The smallest absolute Gasteiger partial charge is 0.258 e. The Morgan fingerprint density at radius 2 is 2.00 bits per heavy atom. The Kier molecular flexibility index (Phi) is 5.05. The summed E-state index contributed by atoms with van der Waals surface area (Å²) in [6.07, 6.45) is 1.43. The van der Waals surface area contributed by atoms with Gasteiger partial charge in [-0.1, -0.05) is 46.3 Å². The molecule has 0 fully saturated rings. The van der Waals surface area contributed by atoms with Crippen molar-refractivity contribution in [2.24, 2.45) is 0 Å². The third-order valence-electron chi connectivity index (χ3n) is 3.58. The van der Waals surface area contributed by atoms with E-state index in [0.29, 0.717) is 5.88 Å². The lowest BCUT2D eigenvalue weighted by Crippen LogP contribution is -2.31. The Labute approximate surface area is 148 Å². The Morgan fingerprint density at radius 1 is 1.21 bits per heavy atom. The SMILES string of the molecule is CC(NC(=O)COc1ncnc2ccc(Br)cc12)c1ccccc1. The Bertz CT molecular complexity index is 855. The van der Waals surface area contributed by atoms with Crippen LogP contribution in [0.25, 0.3) is 10.9 Å². The first-order valence-electron chi connectivity index (χ1n) is 7.51. The summed E-state index contributed by atoms with van der Waals surface area (Å²) >= 11 is 3.41. The van der Waals surface area contributed by atoms with Gasteiger partial charge in [0.05, 0.1) is 16.9 Å². The average Bonchev–Trinajstić information content (AvgIpc) is 2.60. The predicted molar refractivity (Wildman–Crippen MR) is 95.7 cm³/mol. The van der Waals surface area contributed by atoms with Crippen molar-refractivity contribution >= 4 is 32.7 Å². The largest absolute Gasteiger partial charge is 0.467 e.